The van der Waals surface area contributed by atoms with E-state index in [1.54, 1.807) is 18.3 Å². The normalized spacial score (nSPS) is 29.4. The predicted molar refractivity (Wildman–Crippen MR) is 164 cm³/mol. The number of ether oxygens (including phenoxy) is 1. The summed E-state index contributed by atoms with van der Waals surface area (Å²) in [6, 6.07) is 10.2. The van der Waals surface area contributed by atoms with Gasteiger partial charge in [0.15, 0.2) is 0 Å². The number of esters is 1. The van der Waals surface area contributed by atoms with Crippen molar-refractivity contribution in [3.8, 4) is 11.1 Å². The van der Waals surface area contributed by atoms with Crippen molar-refractivity contribution in [2.24, 2.45) is 40.7 Å². The Morgan fingerprint density at radius 3 is 2.37 bits per heavy atom. The molecule has 3 saturated carbocycles. The number of benzene rings is 1. The summed E-state index contributed by atoms with van der Waals surface area (Å²) in [6.07, 6.45) is 14.5. The molecule has 3 aliphatic carbocycles. The molecule has 1 saturated heterocycles. The van der Waals surface area contributed by atoms with Crippen LogP contribution in [0.2, 0.25) is 0 Å². The molecule has 6 atom stereocenters. The van der Waals surface area contributed by atoms with Gasteiger partial charge in [0, 0.05) is 24.1 Å². The van der Waals surface area contributed by atoms with Gasteiger partial charge in [-0.1, -0.05) is 84.1 Å². The number of halogens is 1. The summed E-state index contributed by atoms with van der Waals surface area (Å²) in [5, 5.41) is 0. The molecular formula is C35H49FN2O3. The van der Waals surface area contributed by atoms with Crippen LogP contribution < -0.4 is 5.73 Å². The number of pyridine rings is 1. The van der Waals surface area contributed by atoms with E-state index in [4.69, 9.17) is 4.74 Å². The van der Waals surface area contributed by atoms with E-state index in [9.17, 15) is 14.0 Å². The molecule has 2 aromatic rings. The Morgan fingerprint density at radius 1 is 1.15 bits per heavy atom. The lowest BCUT2D eigenvalue weighted by molar-refractivity contribution is -0.144. The fourth-order valence-corrected chi connectivity index (χ4v) is 6.80. The van der Waals surface area contributed by atoms with Crippen LogP contribution >= 0.6 is 0 Å². The van der Waals surface area contributed by atoms with Crippen molar-refractivity contribution in [2.45, 2.75) is 92.1 Å². The van der Waals surface area contributed by atoms with Crippen molar-refractivity contribution in [2.75, 3.05) is 0 Å². The third-order valence-corrected chi connectivity index (χ3v) is 9.76. The molecule has 2 heterocycles. The molecule has 0 bridgehead atoms. The van der Waals surface area contributed by atoms with Crippen LogP contribution in [0.25, 0.3) is 17.2 Å². The summed E-state index contributed by atoms with van der Waals surface area (Å²) in [5.41, 5.74) is 7.11. The highest BCUT2D eigenvalue weighted by atomic mass is 19.1. The van der Waals surface area contributed by atoms with Gasteiger partial charge in [0.2, 0.25) is 5.91 Å². The quantitative estimate of drug-likeness (QED) is 0.381. The second kappa shape index (κ2) is 14.7. The SMILES string of the molecule is C=Cc1ccc(-c2cccc(F)c2)cn1.CC(N)=O.CC1[C@@H]2CCCC[C@@H]2CC2C(=O)O[C@@H](C)C21C.CCC1CC1. The molecule has 5 nitrogen and oxygen atoms in total. The monoisotopic (exact) mass is 564 g/mol. The van der Waals surface area contributed by atoms with Gasteiger partial charge in [-0.25, -0.2) is 4.39 Å². The van der Waals surface area contributed by atoms with Gasteiger partial charge >= 0.3 is 5.97 Å². The van der Waals surface area contributed by atoms with E-state index in [2.05, 4.69) is 45.0 Å². The molecule has 1 amide bonds. The first-order chi connectivity index (χ1) is 19.5. The van der Waals surface area contributed by atoms with Gasteiger partial charge in [-0.3, -0.25) is 14.6 Å². The zero-order valence-electron chi connectivity index (χ0n) is 25.6. The smallest absolute Gasteiger partial charge is 0.309 e. The molecule has 6 heteroatoms. The fraction of sp³-hybridized carbons (Fsp3) is 0.571. The average molecular weight is 565 g/mol. The van der Waals surface area contributed by atoms with Gasteiger partial charge in [-0.2, -0.15) is 0 Å². The van der Waals surface area contributed by atoms with E-state index in [1.807, 2.05) is 18.2 Å². The largest absolute Gasteiger partial charge is 0.462 e. The predicted octanol–water partition coefficient (Wildman–Crippen LogP) is 8.23. The maximum absolute atomic E-state index is 13.0. The van der Waals surface area contributed by atoms with Gasteiger partial charge in [-0.05, 0) is 73.3 Å². The summed E-state index contributed by atoms with van der Waals surface area (Å²) in [7, 11) is 0. The maximum atomic E-state index is 13.0. The van der Waals surface area contributed by atoms with E-state index < -0.39 is 0 Å². The molecule has 0 radical (unpaired) electrons. The second-order valence-electron chi connectivity index (χ2n) is 12.4. The number of cyclic esters (lactones) is 1. The first-order valence-electron chi connectivity index (χ1n) is 15.3. The zero-order chi connectivity index (χ0) is 30.2. The molecule has 2 N–H and O–H groups in total. The molecule has 0 spiro atoms. The van der Waals surface area contributed by atoms with Crippen LogP contribution in [0.3, 0.4) is 0 Å². The highest BCUT2D eigenvalue weighted by Crippen LogP contribution is 2.59. The van der Waals surface area contributed by atoms with Crippen LogP contribution in [0, 0.1) is 40.8 Å². The lowest BCUT2D eigenvalue weighted by Crippen LogP contribution is -2.49. The van der Waals surface area contributed by atoms with Crippen LogP contribution in [-0.4, -0.2) is 23.0 Å². The molecule has 1 aromatic carbocycles. The summed E-state index contributed by atoms with van der Waals surface area (Å²) >= 11 is 0. The Morgan fingerprint density at radius 2 is 1.83 bits per heavy atom. The summed E-state index contributed by atoms with van der Waals surface area (Å²) < 4.78 is 18.5. The summed E-state index contributed by atoms with van der Waals surface area (Å²) in [4.78, 5) is 25.4. The van der Waals surface area contributed by atoms with E-state index >= 15 is 0 Å². The zero-order valence-corrected chi connectivity index (χ0v) is 25.6. The molecule has 4 fully saturated rings. The van der Waals surface area contributed by atoms with Gasteiger partial charge in [0.05, 0.1) is 11.6 Å². The van der Waals surface area contributed by atoms with Crippen LogP contribution in [-0.2, 0) is 14.3 Å². The Kier molecular flexibility index (Phi) is 11.7. The van der Waals surface area contributed by atoms with E-state index in [0.717, 1.165) is 41.0 Å². The first kappa shape index (κ1) is 32.5. The summed E-state index contributed by atoms with van der Waals surface area (Å²) in [5.74, 6) is 3.07. The van der Waals surface area contributed by atoms with Crippen LogP contribution in [0.4, 0.5) is 4.39 Å². The lowest BCUT2D eigenvalue weighted by atomic mass is 9.51. The fourth-order valence-electron chi connectivity index (χ4n) is 6.80. The standard InChI is InChI=1S/C15H24O2.C13H10FN.C5H10.C2H5NO/c1-9-12-7-5-4-6-11(12)8-13-14(16)17-10(2)15(9,13)3;1-2-13-7-6-11(9-15-13)10-4-3-5-12(14)8-10;1-2-5-3-4-5;1-2(3)4/h9-13H,4-8H2,1-3H3;2-9H,1H2;5H,2-4H2,1H3;1H3,(H2,3,4)/t9?,10-,11+,12-,13?,15?;;;/m0.../s1. The highest BCUT2D eigenvalue weighted by molar-refractivity contribution is 5.76. The van der Waals surface area contributed by atoms with Crippen molar-refractivity contribution in [1.29, 1.82) is 0 Å². The molecule has 1 aliphatic heterocycles. The minimum atomic E-state index is -0.333. The van der Waals surface area contributed by atoms with Gasteiger partial charge < -0.3 is 10.5 Å². The number of hydrogen-bond donors (Lipinski definition) is 1. The minimum Gasteiger partial charge on any atom is -0.462 e. The third kappa shape index (κ3) is 8.50. The second-order valence-corrected chi connectivity index (χ2v) is 12.4. The molecular weight excluding hydrogens is 515 g/mol. The average Bonchev–Trinajstić information content (AvgIpc) is 3.77. The van der Waals surface area contributed by atoms with Crippen molar-refractivity contribution >= 4 is 18.0 Å². The lowest BCUT2D eigenvalue weighted by Gasteiger charge is -2.51. The number of amides is 1. The van der Waals surface area contributed by atoms with Crippen molar-refractivity contribution in [1.82, 2.24) is 4.98 Å². The van der Waals surface area contributed by atoms with Crippen LogP contribution in [0.1, 0.15) is 91.7 Å². The number of primary amides is 1. The Bertz CT molecular complexity index is 1160. The van der Waals surface area contributed by atoms with Crippen LogP contribution in [0.15, 0.2) is 49.2 Å². The van der Waals surface area contributed by atoms with Crippen molar-refractivity contribution in [3.05, 3.63) is 60.7 Å². The topological polar surface area (TPSA) is 82.3 Å². The van der Waals surface area contributed by atoms with E-state index in [1.165, 1.54) is 64.0 Å². The first-order valence-corrected chi connectivity index (χ1v) is 15.3. The number of carbonyl (C=O) groups excluding carboxylic acids is 2. The Labute approximate surface area is 246 Å². The summed E-state index contributed by atoms with van der Waals surface area (Å²) in [6.45, 7) is 13.9. The van der Waals surface area contributed by atoms with E-state index in [-0.39, 0.29) is 35.1 Å². The molecule has 6 rings (SSSR count). The Balaban J connectivity index is 0.000000175. The Hall–Kier alpha value is -3.02. The third-order valence-electron chi connectivity index (χ3n) is 9.76. The number of aromatic nitrogens is 1. The maximum Gasteiger partial charge on any atom is 0.309 e. The number of carbonyl (C=O) groups is 2. The number of hydrogen-bond acceptors (Lipinski definition) is 4. The van der Waals surface area contributed by atoms with Gasteiger partial charge in [0.25, 0.3) is 0 Å². The molecule has 41 heavy (non-hydrogen) atoms. The molecule has 3 unspecified atom stereocenters. The van der Waals surface area contributed by atoms with E-state index in [0.29, 0.717) is 5.92 Å². The number of fused-ring (bicyclic) bond motifs is 2. The highest BCUT2D eigenvalue weighted by Gasteiger charge is 2.60. The molecule has 4 aliphatic rings. The van der Waals surface area contributed by atoms with Crippen molar-refractivity contribution in [3.63, 3.8) is 0 Å². The molecule has 1 aromatic heterocycles. The van der Waals surface area contributed by atoms with Crippen LogP contribution in [0.5, 0.6) is 0 Å². The number of rotatable bonds is 3. The minimum absolute atomic E-state index is 0.0795. The molecule has 224 valence electrons. The number of nitrogens with zero attached hydrogens (tertiary/aromatic N) is 1. The van der Waals surface area contributed by atoms with Crippen molar-refractivity contribution < 1.29 is 18.7 Å². The van der Waals surface area contributed by atoms with Gasteiger partial charge in [0.1, 0.15) is 11.9 Å². The number of nitrogens with two attached hydrogens (primary N) is 1. The van der Waals surface area contributed by atoms with Gasteiger partial charge in [-0.15, -0.1) is 0 Å².